The number of anilines is 1. The van der Waals surface area contributed by atoms with Gasteiger partial charge in [-0.05, 0) is 44.0 Å². The van der Waals surface area contributed by atoms with Crippen LogP contribution in [0.5, 0.6) is 0 Å². The standard InChI is InChI=1S/C14H16ClN3/c15-11-8-10(9-16)3-4-12(11)17-13-5-7-18-6-1-2-14(13)18/h3-4,8,13-14,17H,1-2,5-7H2. The molecule has 2 aliphatic rings. The largest absolute Gasteiger partial charge is 0.379 e. The average molecular weight is 262 g/mol. The molecular formula is C14H16ClN3. The topological polar surface area (TPSA) is 39.1 Å². The van der Waals surface area contributed by atoms with Crippen molar-refractivity contribution in [1.29, 1.82) is 5.26 Å². The van der Waals surface area contributed by atoms with Crippen LogP contribution in [0.2, 0.25) is 5.02 Å². The zero-order valence-electron chi connectivity index (χ0n) is 10.2. The second-order valence-electron chi connectivity index (χ2n) is 5.09. The number of fused-ring (bicyclic) bond motifs is 1. The maximum absolute atomic E-state index is 8.82. The van der Waals surface area contributed by atoms with Gasteiger partial charge in [0.05, 0.1) is 22.3 Å². The number of benzene rings is 1. The smallest absolute Gasteiger partial charge is 0.0992 e. The van der Waals surface area contributed by atoms with Gasteiger partial charge in [-0.25, -0.2) is 0 Å². The highest BCUT2D eigenvalue weighted by Gasteiger charge is 2.37. The molecule has 3 rings (SSSR count). The third-order valence-electron chi connectivity index (χ3n) is 4.05. The van der Waals surface area contributed by atoms with Crippen LogP contribution in [0.3, 0.4) is 0 Å². The Bertz CT molecular complexity index is 494. The Morgan fingerprint density at radius 3 is 3.00 bits per heavy atom. The number of hydrogen-bond acceptors (Lipinski definition) is 3. The summed E-state index contributed by atoms with van der Waals surface area (Å²) < 4.78 is 0. The molecule has 0 saturated carbocycles. The van der Waals surface area contributed by atoms with Gasteiger partial charge in [-0.2, -0.15) is 5.26 Å². The highest BCUT2D eigenvalue weighted by molar-refractivity contribution is 6.33. The highest BCUT2D eigenvalue weighted by atomic mass is 35.5. The fourth-order valence-corrected chi connectivity index (χ4v) is 3.39. The second kappa shape index (κ2) is 4.79. The molecule has 2 fully saturated rings. The number of rotatable bonds is 2. The highest BCUT2D eigenvalue weighted by Crippen LogP contribution is 2.32. The van der Waals surface area contributed by atoms with Gasteiger partial charge in [0, 0.05) is 18.6 Å². The summed E-state index contributed by atoms with van der Waals surface area (Å²) in [6.07, 6.45) is 3.77. The molecule has 0 bridgehead atoms. The fraction of sp³-hybridized carbons (Fsp3) is 0.500. The first kappa shape index (κ1) is 11.8. The minimum absolute atomic E-state index is 0.498. The Labute approximate surface area is 112 Å². The maximum Gasteiger partial charge on any atom is 0.0992 e. The van der Waals surface area contributed by atoms with Crippen molar-refractivity contribution in [3.05, 3.63) is 28.8 Å². The van der Waals surface area contributed by atoms with Gasteiger partial charge in [0.2, 0.25) is 0 Å². The summed E-state index contributed by atoms with van der Waals surface area (Å²) in [6.45, 7) is 2.43. The van der Waals surface area contributed by atoms with E-state index in [2.05, 4.69) is 16.3 Å². The van der Waals surface area contributed by atoms with Crippen LogP contribution in [0.15, 0.2) is 18.2 Å². The molecule has 0 aliphatic carbocycles. The number of halogens is 1. The Morgan fingerprint density at radius 1 is 1.33 bits per heavy atom. The molecule has 18 heavy (non-hydrogen) atoms. The molecule has 2 heterocycles. The lowest BCUT2D eigenvalue weighted by molar-refractivity contribution is 0.318. The molecule has 1 aromatic rings. The Balaban J connectivity index is 1.75. The molecule has 0 amide bonds. The van der Waals surface area contributed by atoms with E-state index in [9.17, 15) is 0 Å². The van der Waals surface area contributed by atoms with Crippen LogP contribution in [0.4, 0.5) is 5.69 Å². The molecule has 1 aromatic carbocycles. The predicted octanol–water partition coefficient (Wildman–Crippen LogP) is 2.86. The molecule has 3 nitrogen and oxygen atoms in total. The third kappa shape index (κ3) is 2.07. The zero-order chi connectivity index (χ0) is 12.5. The Morgan fingerprint density at radius 2 is 2.22 bits per heavy atom. The average Bonchev–Trinajstić information content (AvgIpc) is 2.96. The van der Waals surface area contributed by atoms with Crippen molar-refractivity contribution < 1.29 is 0 Å². The van der Waals surface area contributed by atoms with E-state index in [-0.39, 0.29) is 0 Å². The zero-order valence-corrected chi connectivity index (χ0v) is 11.0. The lowest BCUT2D eigenvalue weighted by atomic mass is 10.1. The van der Waals surface area contributed by atoms with Gasteiger partial charge < -0.3 is 5.32 Å². The first-order chi connectivity index (χ1) is 8.78. The van der Waals surface area contributed by atoms with Gasteiger partial charge in [0.15, 0.2) is 0 Å². The first-order valence-electron chi connectivity index (χ1n) is 6.48. The van der Waals surface area contributed by atoms with Crippen LogP contribution in [0, 0.1) is 11.3 Å². The fourth-order valence-electron chi connectivity index (χ4n) is 3.15. The van der Waals surface area contributed by atoms with E-state index in [1.807, 2.05) is 12.1 Å². The molecule has 0 radical (unpaired) electrons. The van der Waals surface area contributed by atoms with Crippen LogP contribution in [-0.4, -0.2) is 30.1 Å². The van der Waals surface area contributed by atoms with Crippen LogP contribution in [0.1, 0.15) is 24.8 Å². The van der Waals surface area contributed by atoms with E-state index >= 15 is 0 Å². The monoisotopic (exact) mass is 261 g/mol. The van der Waals surface area contributed by atoms with E-state index in [0.29, 0.717) is 22.7 Å². The van der Waals surface area contributed by atoms with Gasteiger partial charge in [-0.3, -0.25) is 4.90 Å². The van der Waals surface area contributed by atoms with Crippen molar-refractivity contribution in [2.24, 2.45) is 0 Å². The number of nitrogens with zero attached hydrogens (tertiary/aromatic N) is 2. The summed E-state index contributed by atoms with van der Waals surface area (Å²) >= 11 is 6.20. The second-order valence-corrected chi connectivity index (χ2v) is 5.50. The van der Waals surface area contributed by atoms with Gasteiger partial charge >= 0.3 is 0 Å². The lowest BCUT2D eigenvalue weighted by Crippen LogP contribution is -2.33. The normalized spacial score (nSPS) is 26.9. The molecule has 2 atom stereocenters. The maximum atomic E-state index is 8.82. The van der Waals surface area contributed by atoms with Gasteiger partial charge in [-0.15, -0.1) is 0 Å². The minimum atomic E-state index is 0.498. The summed E-state index contributed by atoms with van der Waals surface area (Å²) in [5, 5.41) is 13.0. The SMILES string of the molecule is N#Cc1ccc(NC2CCN3CCCC23)c(Cl)c1. The molecule has 2 aliphatic heterocycles. The van der Waals surface area contributed by atoms with Gasteiger partial charge in [0.25, 0.3) is 0 Å². The number of hydrogen-bond donors (Lipinski definition) is 1. The van der Waals surface area contributed by atoms with E-state index in [1.165, 1.54) is 32.4 Å². The molecule has 2 unspecified atom stereocenters. The number of nitriles is 1. The van der Waals surface area contributed by atoms with Crippen LogP contribution < -0.4 is 5.32 Å². The third-order valence-corrected chi connectivity index (χ3v) is 4.36. The van der Waals surface area contributed by atoms with Gasteiger partial charge in [-0.1, -0.05) is 11.6 Å². The molecular weight excluding hydrogens is 246 g/mol. The van der Waals surface area contributed by atoms with E-state index in [1.54, 1.807) is 6.07 Å². The van der Waals surface area contributed by atoms with Crippen molar-refractivity contribution in [1.82, 2.24) is 4.90 Å². The van der Waals surface area contributed by atoms with E-state index < -0.39 is 0 Å². The van der Waals surface area contributed by atoms with E-state index in [0.717, 1.165) is 5.69 Å². The van der Waals surface area contributed by atoms with Crippen LogP contribution in [0.25, 0.3) is 0 Å². The van der Waals surface area contributed by atoms with Crippen molar-refractivity contribution >= 4 is 17.3 Å². The Hall–Kier alpha value is -1.24. The molecule has 4 heteroatoms. The van der Waals surface area contributed by atoms with Crippen LogP contribution >= 0.6 is 11.6 Å². The first-order valence-corrected chi connectivity index (χ1v) is 6.86. The molecule has 94 valence electrons. The number of nitrogens with one attached hydrogen (secondary N) is 1. The molecule has 1 N–H and O–H groups in total. The summed E-state index contributed by atoms with van der Waals surface area (Å²) in [7, 11) is 0. The summed E-state index contributed by atoms with van der Waals surface area (Å²) in [4.78, 5) is 2.56. The minimum Gasteiger partial charge on any atom is -0.379 e. The molecule has 2 saturated heterocycles. The molecule has 0 aromatic heterocycles. The van der Waals surface area contributed by atoms with E-state index in [4.69, 9.17) is 16.9 Å². The summed E-state index contributed by atoms with van der Waals surface area (Å²) in [5.74, 6) is 0. The van der Waals surface area contributed by atoms with Gasteiger partial charge in [0.1, 0.15) is 0 Å². The quantitative estimate of drug-likeness (QED) is 0.890. The Kier molecular flexibility index (Phi) is 3.15. The van der Waals surface area contributed by atoms with Crippen LogP contribution in [-0.2, 0) is 0 Å². The summed E-state index contributed by atoms with van der Waals surface area (Å²) in [5.41, 5.74) is 1.56. The van der Waals surface area contributed by atoms with Crippen molar-refractivity contribution in [3.63, 3.8) is 0 Å². The predicted molar refractivity (Wildman–Crippen MR) is 72.8 cm³/mol. The van der Waals surface area contributed by atoms with Crippen molar-refractivity contribution in [3.8, 4) is 6.07 Å². The lowest BCUT2D eigenvalue weighted by Gasteiger charge is -2.22. The van der Waals surface area contributed by atoms with Crippen molar-refractivity contribution in [2.45, 2.75) is 31.3 Å². The molecule has 0 spiro atoms. The van der Waals surface area contributed by atoms with Crippen molar-refractivity contribution in [2.75, 3.05) is 18.4 Å². The summed E-state index contributed by atoms with van der Waals surface area (Å²) in [6, 6.07) is 8.72.